The molecule has 134 valence electrons. The second-order valence-electron chi connectivity index (χ2n) is 7.24. The Balaban J connectivity index is 1.51. The highest BCUT2D eigenvalue weighted by atomic mass is 16.2. The molecule has 4 rings (SSSR count). The van der Waals surface area contributed by atoms with Gasteiger partial charge in [-0.1, -0.05) is 24.3 Å². The molecule has 0 atom stereocenters. The van der Waals surface area contributed by atoms with E-state index in [-0.39, 0.29) is 11.8 Å². The van der Waals surface area contributed by atoms with Crippen LogP contribution in [0.4, 0.5) is 0 Å². The number of fused-ring (bicyclic) bond motifs is 1. The molecule has 1 N–H and O–H groups in total. The van der Waals surface area contributed by atoms with Gasteiger partial charge in [-0.25, -0.2) is 4.98 Å². The monoisotopic (exact) mass is 350 g/mol. The van der Waals surface area contributed by atoms with Gasteiger partial charge in [0.1, 0.15) is 5.69 Å². The lowest BCUT2D eigenvalue weighted by molar-refractivity contribution is -0.133. The average Bonchev–Trinajstić information content (AvgIpc) is 2.80. The van der Waals surface area contributed by atoms with Gasteiger partial charge in [-0.3, -0.25) is 14.6 Å². The predicted molar refractivity (Wildman–Crippen MR) is 96.3 cm³/mol. The van der Waals surface area contributed by atoms with Gasteiger partial charge in [0.15, 0.2) is 0 Å². The summed E-state index contributed by atoms with van der Waals surface area (Å²) < 4.78 is 0. The summed E-state index contributed by atoms with van der Waals surface area (Å²) in [5.74, 6) is -0.00212. The number of nitrogens with one attached hydrogen (secondary N) is 1. The highest BCUT2D eigenvalue weighted by Gasteiger charge is 2.43. The van der Waals surface area contributed by atoms with Crippen LogP contribution in [0, 0.1) is 12.3 Å². The molecule has 6 nitrogen and oxygen atoms in total. The topological polar surface area (TPSA) is 75.2 Å². The predicted octanol–water partition coefficient (Wildman–Crippen LogP) is 1.88. The lowest BCUT2D eigenvalue weighted by atomic mass is 9.73. The molecule has 1 aromatic heterocycles. The van der Waals surface area contributed by atoms with E-state index in [1.54, 1.807) is 11.1 Å². The molecular formula is C20H22N4O2. The molecular weight excluding hydrogens is 328 g/mol. The second-order valence-corrected chi connectivity index (χ2v) is 7.24. The summed E-state index contributed by atoms with van der Waals surface area (Å²) in [6, 6.07) is 8.21. The van der Waals surface area contributed by atoms with Crippen molar-refractivity contribution in [3.05, 3.63) is 59.2 Å². The van der Waals surface area contributed by atoms with Crippen molar-refractivity contribution in [2.24, 2.45) is 5.41 Å². The maximum absolute atomic E-state index is 12.8. The van der Waals surface area contributed by atoms with Gasteiger partial charge in [0.25, 0.3) is 5.91 Å². The molecule has 2 aliphatic rings. The van der Waals surface area contributed by atoms with Crippen LogP contribution in [0.2, 0.25) is 0 Å². The first-order valence-electron chi connectivity index (χ1n) is 9.00. The summed E-state index contributed by atoms with van der Waals surface area (Å²) in [5, 5.41) is 3.08. The molecule has 2 amide bonds. The third-order valence-electron chi connectivity index (χ3n) is 5.58. The van der Waals surface area contributed by atoms with Crippen molar-refractivity contribution < 1.29 is 9.59 Å². The molecule has 1 saturated heterocycles. The second kappa shape index (κ2) is 6.52. The van der Waals surface area contributed by atoms with Crippen LogP contribution in [-0.2, 0) is 17.8 Å². The van der Waals surface area contributed by atoms with Crippen LogP contribution in [0.1, 0.15) is 40.2 Å². The number of aromatic nitrogens is 2. The van der Waals surface area contributed by atoms with Crippen molar-refractivity contribution in [3.63, 3.8) is 0 Å². The number of amides is 2. The fourth-order valence-electron chi connectivity index (χ4n) is 3.92. The molecule has 1 fully saturated rings. The summed E-state index contributed by atoms with van der Waals surface area (Å²) in [6.45, 7) is 3.54. The number of rotatable bonds is 1. The Morgan fingerprint density at radius 2 is 1.85 bits per heavy atom. The van der Waals surface area contributed by atoms with Crippen LogP contribution < -0.4 is 5.32 Å². The Morgan fingerprint density at radius 1 is 1.12 bits per heavy atom. The van der Waals surface area contributed by atoms with E-state index in [4.69, 9.17) is 0 Å². The standard InChI is InChI=1S/C20H22N4O2/c1-14-11-22-17(13-21-14)18(25)24-8-6-20(7-9-24)10-15-4-2-3-5-16(15)12-23-19(20)26/h2-5,11,13H,6-10,12H2,1H3,(H,23,26). The van der Waals surface area contributed by atoms with Gasteiger partial charge < -0.3 is 10.2 Å². The van der Waals surface area contributed by atoms with Crippen LogP contribution in [-0.4, -0.2) is 39.8 Å². The quantitative estimate of drug-likeness (QED) is 0.852. The van der Waals surface area contributed by atoms with Crippen LogP contribution in [0.15, 0.2) is 36.7 Å². The van der Waals surface area contributed by atoms with Crippen molar-refractivity contribution in [1.29, 1.82) is 0 Å². The van der Waals surface area contributed by atoms with Crippen molar-refractivity contribution in [3.8, 4) is 0 Å². The minimum Gasteiger partial charge on any atom is -0.352 e. The van der Waals surface area contributed by atoms with E-state index >= 15 is 0 Å². The average molecular weight is 350 g/mol. The van der Waals surface area contributed by atoms with Gasteiger partial charge in [0, 0.05) is 25.8 Å². The lowest BCUT2D eigenvalue weighted by Gasteiger charge is -2.40. The van der Waals surface area contributed by atoms with Gasteiger partial charge in [-0.15, -0.1) is 0 Å². The van der Waals surface area contributed by atoms with Gasteiger partial charge in [-0.05, 0) is 37.3 Å². The first-order chi connectivity index (χ1) is 12.6. The van der Waals surface area contributed by atoms with Crippen molar-refractivity contribution in [1.82, 2.24) is 20.2 Å². The van der Waals surface area contributed by atoms with E-state index in [1.807, 2.05) is 19.1 Å². The molecule has 0 aliphatic carbocycles. The van der Waals surface area contributed by atoms with Crippen LogP contribution in [0.25, 0.3) is 0 Å². The summed E-state index contributed by atoms with van der Waals surface area (Å²) >= 11 is 0. The molecule has 0 saturated carbocycles. The third kappa shape index (κ3) is 2.96. The Labute approximate surface area is 152 Å². The number of carbonyl (C=O) groups is 2. The Morgan fingerprint density at radius 3 is 2.54 bits per heavy atom. The van der Waals surface area contributed by atoms with E-state index in [0.29, 0.717) is 38.2 Å². The molecule has 0 radical (unpaired) electrons. The first kappa shape index (κ1) is 16.7. The molecule has 1 aromatic carbocycles. The fourth-order valence-corrected chi connectivity index (χ4v) is 3.92. The minimum atomic E-state index is -0.428. The molecule has 0 unspecified atom stereocenters. The summed E-state index contributed by atoms with van der Waals surface area (Å²) in [5.41, 5.74) is 3.14. The van der Waals surface area contributed by atoms with Crippen LogP contribution in [0.5, 0.6) is 0 Å². The molecule has 2 aromatic rings. The minimum absolute atomic E-state index is 0.107. The molecule has 2 aliphatic heterocycles. The number of piperidine rings is 1. The van der Waals surface area contributed by atoms with Gasteiger partial charge in [0.2, 0.25) is 5.91 Å². The maximum Gasteiger partial charge on any atom is 0.274 e. The number of likely N-dealkylation sites (tertiary alicyclic amines) is 1. The zero-order valence-corrected chi connectivity index (χ0v) is 14.9. The number of benzene rings is 1. The Kier molecular flexibility index (Phi) is 4.18. The maximum atomic E-state index is 12.8. The largest absolute Gasteiger partial charge is 0.352 e. The number of hydrogen-bond acceptors (Lipinski definition) is 4. The first-order valence-corrected chi connectivity index (χ1v) is 9.00. The molecule has 6 heteroatoms. The summed E-state index contributed by atoms with van der Waals surface area (Å²) in [7, 11) is 0. The lowest BCUT2D eigenvalue weighted by Crippen LogP contribution is -2.50. The molecule has 3 heterocycles. The summed E-state index contributed by atoms with van der Waals surface area (Å²) in [4.78, 5) is 35.6. The van der Waals surface area contributed by atoms with Gasteiger partial charge in [-0.2, -0.15) is 0 Å². The van der Waals surface area contributed by atoms with E-state index in [1.165, 1.54) is 17.3 Å². The normalized spacial score (nSPS) is 18.8. The van der Waals surface area contributed by atoms with Crippen molar-refractivity contribution >= 4 is 11.8 Å². The fraction of sp³-hybridized carbons (Fsp3) is 0.400. The molecule has 0 bridgehead atoms. The van der Waals surface area contributed by atoms with E-state index < -0.39 is 5.41 Å². The van der Waals surface area contributed by atoms with Crippen molar-refractivity contribution in [2.45, 2.75) is 32.7 Å². The summed E-state index contributed by atoms with van der Waals surface area (Å²) in [6.07, 6.45) is 5.20. The molecule has 1 spiro atoms. The third-order valence-corrected chi connectivity index (χ3v) is 5.58. The number of carbonyl (C=O) groups excluding carboxylic acids is 2. The Hall–Kier alpha value is -2.76. The van der Waals surface area contributed by atoms with Gasteiger partial charge >= 0.3 is 0 Å². The number of aryl methyl sites for hydroxylation is 1. The van der Waals surface area contributed by atoms with E-state index in [0.717, 1.165) is 12.1 Å². The Bertz CT molecular complexity index is 839. The number of hydrogen-bond donors (Lipinski definition) is 1. The zero-order valence-electron chi connectivity index (χ0n) is 14.9. The smallest absolute Gasteiger partial charge is 0.274 e. The van der Waals surface area contributed by atoms with Crippen LogP contribution in [0.3, 0.4) is 0 Å². The van der Waals surface area contributed by atoms with E-state index in [2.05, 4.69) is 27.4 Å². The SMILES string of the molecule is Cc1cnc(C(=O)N2CCC3(CC2)Cc2ccccc2CNC3=O)cn1. The van der Waals surface area contributed by atoms with Gasteiger partial charge in [0.05, 0.1) is 17.3 Å². The van der Waals surface area contributed by atoms with Crippen molar-refractivity contribution in [2.75, 3.05) is 13.1 Å². The highest BCUT2D eigenvalue weighted by Crippen LogP contribution is 2.38. The molecule has 26 heavy (non-hydrogen) atoms. The van der Waals surface area contributed by atoms with Crippen LogP contribution >= 0.6 is 0 Å². The highest BCUT2D eigenvalue weighted by molar-refractivity contribution is 5.92. The number of nitrogens with zero attached hydrogens (tertiary/aromatic N) is 3. The zero-order chi connectivity index (χ0) is 18.1. The van der Waals surface area contributed by atoms with E-state index in [9.17, 15) is 9.59 Å².